The number of nitrogens with one attached hydrogen (secondary N) is 1. The van der Waals surface area contributed by atoms with Crippen molar-refractivity contribution in [2.45, 2.75) is 69.8 Å². The molecule has 0 bridgehead atoms. The summed E-state index contributed by atoms with van der Waals surface area (Å²) in [5.41, 5.74) is -0.894. The smallest absolute Gasteiger partial charge is 0.366 e. The van der Waals surface area contributed by atoms with Crippen LogP contribution in [0.25, 0.3) is 0 Å². The van der Waals surface area contributed by atoms with Gasteiger partial charge in [0.1, 0.15) is 0 Å². The summed E-state index contributed by atoms with van der Waals surface area (Å²) in [4.78, 5) is 0. The Bertz CT molecular complexity index is 310. The average molecular weight is 279 g/mol. The van der Waals surface area contributed by atoms with Crippen molar-refractivity contribution >= 4 is 0 Å². The van der Waals surface area contributed by atoms with Crippen molar-refractivity contribution in [3.8, 4) is 0 Å². The molecule has 2 fully saturated rings. The molecule has 2 rings (SSSR count). The molecule has 19 heavy (non-hydrogen) atoms. The Balaban J connectivity index is 2.13. The van der Waals surface area contributed by atoms with Crippen LogP contribution in [0.5, 0.6) is 0 Å². The fourth-order valence-corrected chi connectivity index (χ4v) is 3.55. The second-order valence-electron chi connectivity index (χ2n) is 6.11. The molecular weight excluding hydrogens is 255 g/mol. The summed E-state index contributed by atoms with van der Waals surface area (Å²) in [5.74, 6) is -1.20. The highest BCUT2D eigenvalue weighted by atomic mass is 19.4. The van der Waals surface area contributed by atoms with Crippen LogP contribution in [0.1, 0.15) is 52.4 Å². The lowest BCUT2D eigenvalue weighted by Gasteiger charge is -2.51. The van der Waals surface area contributed by atoms with Crippen LogP contribution >= 0.6 is 0 Å². The van der Waals surface area contributed by atoms with Crippen molar-refractivity contribution in [1.29, 1.82) is 0 Å². The molecule has 1 saturated carbocycles. The Hall–Kier alpha value is -0.290. The molecule has 1 aliphatic heterocycles. The predicted molar refractivity (Wildman–Crippen MR) is 68.0 cm³/mol. The minimum absolute atomic E-state index is 0.116. The summed E-state index contributed by atoms with van der Waals surface area (Å²) in [5, 5.41) is 3.32. The second kappa shape index (κ2) is 5.24. The summed E-state index contributed by atoms with van der Waals surface area (Å²) < 4.78 is 45.1. The van der Waals surface area contributed by atoms with E-state index in [-0.39, 0.29) is 18.4 Å². The van der Waals surface area contributed by atoms with Gasteiger partial charge in [0, 0.05) is 13.1 Å². The molecule has 0 aromatic rings. The van der Waals surface area contributed by atoms with Gasteiger partial charge in [-0.1, -0.05) is 13.8 Å². The Morgan fingerprint density at radius 2 is 1.89 bits per heavy atom. The van der Waals surface area contributed by atoms with Gasteiger partial charge in [-0.3, -0.25) is 0 Å². The van der Waals surface area contributed by atoms with Gasteiger partial charge in [-0.25, -0.2) is 0 Å². The van der Waals surface area contributed by atoms with Gasteiger partial charge >= 0.3 is 6.18 Å². The van der Waals surface area contributed by atoms with E-state index in [1.165, 1.54) is 0 Å². The summed E-state index contributed by atoms with van der Waals surface area (Å²) in [6.07, 6.45) is -0.687. The van der Waals surface area contributed by atoms with E-state index in [4.69, 9.17) is 4.74 Å². The number of ether oxygens (including phenoxy) is 1. The lowest BCUT2D eigenvalue weighted by atomic mass is 9.75. The van der Waals surface area contributed by atoms with E-state index in [1.54, 1.807) is 0 Å². The minimum atomic E-state index is -4.09. The molecule has 1 N–H and O–H groups in total. The van der Waals surface area contributed by atoms with E-state index in [0.29, 0.717) is 13.0 Å². The standard InChI is InChI=1S/C14H24F3NO/c1-3-12(4-2)9-18-10-13(19-12)7-5-6-11(8-13)14(15,16)17/h11,18H,3-10H2,1-2H3. The van der Waals surface area contributed by atoms with E-state index >= 15 is 0 Å². The summed E-state index contributed by atoms with van der Waals surface area (Å²) >= 11 is 0. The van der Waals surface area contributed by atoms with Crippen molar-refractivity contribution in [3.63, 3.8) is 0 Å². The Morgan fingerprint density at radius 1 is 1.21 bits per heavy atom. The van der Waals surface area contributed by atoms with Crippen molar-refractivity contribution in [2.75, 3.05) is 13.1 Å². The van der Waals surface area contributed by atoms with Crippen molar-refractivity contribution in [1.82, 2.24) is 5.32 Å². The number of rotatable bonds is 2. The molecule has 0 aromatic heterocycles. The Labute approximate surface area is 113 Å². The van der Waals surface area contributed by atoms with Crippen molar-refractivity contribution in [2.24, 2.45) is 5.92 Å². The zero-order chi connectivity index (χ0) is 14.1. The molecule has 1 spiro atoms. The molecule has 2 nitrogen and oxygen atoms in total. The average Bonchev–Trinajstić information content (AvgIpc) is 2.38. The zero-order valence-corrected chi connectivity index (χ0v) is 11.8. The van der Waals surface area contributed by atoms with Gasteiger partial charge in [0.05, 0.1) is 17.1 Å². The van der Waals surface area contributed by atoms with E-state index in [1.807, 2.05) is 13.8 Å². The first-order valence-electron chi connectivity index (χ1n) is 7.32. The highest BCUT2D eigenvalue weighted by molar-refractivity contribution is 4.99. The van der Waals surface area contributed by atoms with Crippen LogP contribution in [0.3, 0.4) is 0 Å². The molecule has 1 saturated heterocycles. The van der Waals surface area contributed by atoms with E-state index < -0.39 is 17.7 Å². The van der Waals surface area contributed by atoms with Crippen LogP contribution in [-0.4, -0.2) is 30.5 Å². The summed E-state index contributed by atoms with van der Waals surface area (Å²) in [6.45, 7) is 5.41. The SMILES string of the molecule is CCC1(CC)CNCC2(CCCC(C(F)(F)F)C2)O1. The summed E-state index contributed by atoms with van der Waals surface area (Å²) in [7, 11) is 0. The summed E-state index contributed by atoms with van der Waals surface area (Å²) in [6, 6.07) is 0. The third kappa shape index (κ3) is 3.07. The lowest BCUT2D eigenvalue weighted by molar-refractivity contribution is -0.240. The lowest BCUT2D eigenvalue weighted by Crippen LogP contribution is -2.62. The fraction of sp³-hybridized carbons (Fsp3) is 1.00. The molecule has 2 unspecified atom stereocenters. The maximum absolute atomic E-state index is 13.0. The van der Waals surface area contributed by atoms with Gasteiger partial charge in [0.2, 0.25) is 0 Å². The number of morpholine rings is 1. The number of hydrogen-bond acceptors (Lipinski definition) is 2. The molecule has 0 aromatic carbocycles. The maximum Gasteiger partial charge on any atom is 0.391 e. The van der Waals surface area contributed by atoms with Gasteiger partial charge in [-0.05, 0) is 38.5 Å². The van der Waals surface area contributed by atoms with Crippen LogP contribution in [-0.2, 0) is 4.74 Å². The van der Waals surface area contributed by atoms with E-state index in [2.05, 4.69) is 5.32 Å². The maximum atomic E-state index is 13.0. The van der Waals surface area contributed by atoms with Gasteiger partial charge in [0.15, 0.2) is 0 Å². The molecular formula is C14H24F3NO. The fourth-order valence-electron chi connectivity index (χ4n) is 3.55. The molecule has 1 heterocycles. The van der Waals surface area contributed by atoms with Gasteiger partial charge < -0.3 is 10.1 Å². The van der Waals surface area contributed by atoms with Crippen LogP contribution < -0.4 is 5.32 Å². The topological polar surface area (TPSA) is 21.3 Å². The molecule has 2 atom stereocenters. The van der Waals surface area contributed by atoms with Crippen LogP contribution in [0.2, 0.25) is 0 Å². The second-order valence-corrected chi connectivity index (χ2v) is 6.11. The first kappa shape index (κ1) is 15.1. The van der Waals surface area contributed by atoms with Crippen LogP contribution in [0.15, 0.2) is 0 Å². The Kier molecular flexibility index (Phi) is 4.17. The molecule has 5 heteroatoms. The third-order valence-corrected chi connectivity index (χ3v) is 4.88. The quantitative estimate of drug-likeness (QED) is 0.833. The highest BCUT2D eigenvalue weighted by Gasteiger charge is 2.52. The number of hydrogen-bond donors (Lipinski definition) is 1. The van der Waals surface area contributed by atoms with Gasteiger partial charge in [0.25, 0.3) is 0 Å². The molecule has 0 radical (unpaired) electrons. The van der Waals surface area contributed by atoms with Crippen LogP contribution in [0, 0.1) is 5.92 Å². The monoisotopic (exact) mass is 279 g/mol. The first-order chi connectivity index (χ1) is 8.85. The Morgan fingerprint density at radius 3 is 2.47 bits per heavy atom. The highest BCUT2D eigenvalue weighted by Crippen LogP contribution is 2.46. The van der Waals surface area contributed by atoms with Crippen molar-refractivity contribution < 1.29 is 17.9 Å². The molecule has 2 aliphatic rings. The normalized spacial score (nSPS) is 35.5. The van der Waals surface area contributed by atoms with Gasteiger partial charge in [-0.15, -0.1) is 0 Å². The molecule has 1 aliphatic carbocycles. The third-order valence-electron chi connectivity index (χ3n) is 4.88. The van der Waals surface area contributed by atoms with E-state index in [9.17, 15) is 13.2 Å². The van der Waals surface area contributed by atoms with E-state index in [0.717, 1.165) is 25.8 Å². The molecule has 112 valence electrons. The molecule has 0 amide bonds. The van der Waals surface area contributed by atoms with Crippen LogP contribution in [0.4, 0.5) is 13.2 Å². The van der Waals surface area contributed by atoms with Crippen molar-refractivity contribution in [3.05, 3.63) is 0 Å². The first-order valence-corrected chi connectivity index (χ1v) is 7.32. The zero-order valence-electron chi connectivity index (χ0n) is 11.8. The number of halogens is 3. The minimum Gasteiger partial charge on any atom is -0.366 e. The largest absolute Gasteiger partial charge is 0.391 e. The number of alkyl halides is 3. The van der Waals surface area contributed by atoms with Gasteiger partial charge in [-0.2, -0.15) is 13.2 Å². The predicted octanol–water partition coefficient (Wildman–Crippen LogP) is 3.66.